The van der Waals surface area contributed by atoms with Crippen LogP contribution in [0.1, 0.15) is 31.2 Å². The minimum atomic E-state index is -1.40. The predicted molar refractivity (Wildman–Crippen MR) is 96.2 cm³/mol. The SMILES string of the molecule is COC(=O)[C@]1(CC(=O)N(C)C)C(=O)C[C@H]2CC[C@@H]1N2Cc1ccccc1. The number of methoxy groups -OCH3 is 1. The summed E-state index contributed by atoms with van der Waals surface area (Å²) in [6.07, 6.45) is 1.74. The molecule has 0 saturated carbocycles. The lowest BCUT2D eigenvalue weighted by Crippen LogP contribution is -2.61. The van der Waals surface area contributed by atoms with Crippen molar-refractivity contribution in [3.05, 3.63) is 35.9 Å². The van der Waals surface area contributed by atoms with Crippen molar-refractivity contribution >= 4 is 17.7 Å². The minimum absolute atomic E-state index is 0.125. The smallest absolute Gasteiger partial charge is 0.321 e. The molecule has 2 bridgehead atoms. The summed E-state index contributed by atoms with van der Waals surface area (Å²) in [6.45, 7) is 0.665. The summed E-state index contributed by atoms with van der Waals surface area (Å²) in [4.78, 5) is 42.0. The van der Waals surface area contributed by atoms with Crippen molar-refractivity contribution in [2.24, 2.45) is 5.41 Å². The van der Waals surface area contributed by atoms with Gasteiger partial charge in [0.05, 0.1) is 13.5 Å². The highest BCUT2D eigenvalue weighted by molar-refractivity contribution is 6.08. The molecule has 6 heteroatoms. The molecule has 1 amide bonds. The zero-order valence-electron chi connectivity index (χ0n) is 15.6. The Kier molecular flexibility index (Phi) is 5.14. The molecule has 3 atom stereocenters. The van der Waals surface area contributed by atoms with Crippen LogP contribution in [0.3, 0.4) is 0 Å². The van der Waals surface area contributed by atoms with Gasteiger partial charge >= 0.3 is 5.97 Å². The lowest BCUT2D eigenvalue weighted by atomic mass is 9.69. The Hall–Kier alpha value is -2.21. The van der Waals surface area contributed by atoms with Crippen LogP contribution in [0.2, 0.25) is 0 Å². The highest BCUT2D eigenvalue weighted by Crippen LogP contribution is 2.48. The second kappa shape index (κ2) is 7.19. The summed E-state index contributed by atoms with van der Waals surface area (Å²) in [7, 11) is 4.57. The van der Waals surface area contributed by atoms with Crippen molar-refractivity contribution in [1.82, 2.24) is 9.80 Å². The molecule has 3 rings (SSSR count). The normalized spacial score (nSPS) is 28.0. The fourth-order valence-electron chi connectivity index (χ4n) is 4.42. The Balaban J connectivity index is 1.97. The average Bonchev–Trinajstić information content (AvgIpc) is 2.94. The molecular weight excluding hydrogens is 332 g/mol. The minimum Gasteiger partial charge on any atom is -0.468 e. The van der Waals surface area contributed by atoms with Gasteiger partial charge in [0.2, 0.25) is 5.91 Å². The van der Waals surface area contributed by atoms with Gasteiger partial charge < -0.3 is 9.64 Å². The van der Waals surface area contributed by atoms with Crippen molar-refractivity contribution in [3.63, 3.8) is 0 Å². The van der Waals surface area contributed by atoms with Crippen LogP contribution in [0, 0.1) is 5.41 Å². The maximum atomic E-state index is 13.0. The zero-order valence-corrected chi connectivity index (χ0v) is 15.6. The molecule has 140 valence electrons. The van der Waals surface area contributed by atoms with E-state index in [-0.39, 0.29) is 30.2 Å². The first kappa shape index (κ1) is 18.6. The number of hydrogen-bond acceptors (Lipinski definition) is 5. The van der Waals surface area contributed by atoms with Crippen LogP contribution in [0.25, 0.3) is 0 Å². The molecular formula is C20H26N2O4. The molecule has 0 N–H and O–H groups in total. The van der Waals surface area contributed by atoms with E-state index in [1.807, 2.05) is 30.3 Å². The van der Waals surface area contributed by atoms with E-state index < -0.39 is 11.4 Å². The fourth-order valence-corrected chi connectivity index (χ4v) is 4.42. The quantitative estimate of drug-likeness (QED) is 0.591. The largest absolute Gasteiger partial charge is 0.468 e. The Labute approximate surface area is 154 Å². The third-order valence-corrected chi connectivity index (χ3v) is 5.82. The van der Waals surface area contributed by atoms with E-state index in [1.165, 1.54) is 12.0 Å². The Morgan fingerprint density at radius 3 is 2.54 bits per heavy atom. The number of amides is 1. The maximum absolute atomic E-state index is 13.0. The number of carbonyl (C=O) groups excluding carboxylic acids is 3. The van der Waals surface area contributed by atoms with E-state index in [0.717, 1.165) is 18.4 Å². The highest BCUT2D eigenvalue weighted by Gasteiger charge is 2.62. The molecule has 0 unspecified atom stereocenters. The standard InChI is InChI=1S/C20H26N2O4/c1-21(2)18(24)12-20(19(25)26-3)16-10-9-15(11-17(20)23)22(16)13-14-7-5-4-6-8-14/h4-8,15-16H,9-13H2,1-3H3/t15-,16+,20+/m1/s1. The van der Waals surface area contributed by atoms with Gasteiger partial charge in [-0.3, -0.25) is 19.3 Å². The number of hydrogen-bond donors (Lipinski definition) is 0. The number of esters is 1. The van der Waals surface area contributed by atoms with Crippen molar-refractivity contribution < 1.29 is 19.1 Å². The van der Waals surface area contributed by atoms with Gasteiger partial charge in [-0.15, -0.1) is 0 Å². The van der Waals surface area contributed by atoms with E-state index in [9.17, 15) is 14.4 Å². The van der Waals surface area contributed by atoms with E-state index in [2.05, 4.69) is 4.90 Å². The summed E-state index contributed by atoms with van der Waals surface area (Å²) >= 11 is 0. The van der Waals surface area contributed by atoms with Crippen LogP contribution < -0.4 is 0 Å². The Bertz CT molecular complexity index is 703. The number of ketones is 1. The van der Waals surface area contributed by atoms with E-state index in [4.69, 9.17) is 4.74 Å². The predicted octanol–water partition coefficient (Wildman–Crippen LogP) is 1.63. The lowest BCUT2D eigenvalue weighted by molar-refractivity contribution is -0.170. The number of nitrogens with zero attached hydrogens (tertiary/aromatic N) is 2. The molecule has 0 radical (unpaired) electrons. The number of fused-ring (bicyclic) bond motifs is 2. The number of benzene rings is 1. The van der Waals surface area contributed by atoms with Gasteiger partial charge in [0.25, 0.3) is 0 Å². The number of Topliss-reactive ketones (excluding diaryl/α,β-unsaturated/α-hetero) is 1. The molecule has 2 saturated heterocycles. The van der Waals surface area contributed by atoms with Crippen LogP contribution in [0.5, 0.6) is 0 Å². The zero-order chi connectivity index (χ0) is 18.9. The van der Waals surface area contributed by atoms with E-state index in [1.54, 1.807) is 14.1 Å². The average molecular weight is 358 g/mol. The number of rotatable bonds is 5. The molecule has 1 aromatic rings. The van der Waals surface area contributed by atoms with Gasteiger partial charge in [-0.2, -0.15) is 0 Å². The summed E-state index contributed by atoms with van der Waals surface area (Å²) in [5, 5.41) is 0. The Morgan fingerprint density at radius 1 is 1.23 bits per heavy atom. The van der Waals surface area contributed by atoms with Crippen molar-refractivity contribution in [1.29, 1.82) is 0 Å². The van der Waals surface area contributed by atoms with Crippen molar-refractivity contribution in [2.75, 3.05) is 21.2 Å². The highest BCUT2D eigenvalue weighted by atomic mass is 16.5. The van der Waals surface area contributed by atoms with Crippen LogP contribution >= 0.6 is 0 Å². The topological polar surface area (TPSA) is 66.9 Å². The number of piperidine rings is 1. The lowest BCUT2D eigenvalue weighted by Gasteiger charge is -2.45. The second-order valence-electron chi connectivity index (χ2n) is 7.46. The molecule has 0 aliphatic carbocycles. The van der Waals surface area contributed by atoms with E-state index >= 15 is 0 Å². The molecule has 2 aliphatic rings. The van der Waals surface area contributed by atoms with Gasteiger partial charge in [0.15, 0.2) is 11.2 Å². The molecule has 0 aromatic heterocycles. The maximum Gasteiger partial charge on any atom is 0.321 e. The first-order chi connectivity index (χ1) is 12.4. The first-order valence-corrected chi connectivity index (χ1v) is 9.01. The Morgan fingerprint density at radius 2 is 1.92 bits per heavy atom. The fraction of sp³-hybridized carbons (Fsp3) is 0.550. The van der Waals surface area contributed by atoms with Crippen LogP contribution in [0.4, 0.5) is 0 Å². The molecule has 2 heterocycles. The summed E-state index contributed by atoms with van der Waals surface area (Å²) in [5.41, 5.74) is -0.269. The summed E-state index contributed by atoms with van der Waals surface area (Å²) < 4.78 is 5.04. The van der Waals surface area contributed by atoms with Gasteiger partial charge in [0, 0.05) is 39.1 Å². The molecule has 6 nitrogen and oxygen atoms in total. The molecule has 0 spiro atoms. The summed E-state index contributed by atoms with van der Waals surface area (Å²) in [6, 6.07) is 9.84. The third-order valence-electron chi connectivity index (χ3n) is 5.82. The number of carbonyl (C=O) groups is 3. The third kappa shape index (κ3) is 3.03. The summed E-state index contributed by atoms with van der Waals surface area (Å²) in [5.74, 6) is -0.966. The van der Waals surface area contributed by atoms with Crippen molar-refractivity contribution in [3.8, 4) is 0 Å². The molecule has 2 fully saturated rings. The van der Waals surface area contributed by atoms with Gasteiger partial charge in [0.1, 0.15) is 0 Å². The molecule has 26 heavy (non-hydrogen) atoms. The monoisotopic (exact) mass is 358 g/mol. The number of ether oxygens (including phenoxy) is 1. The van der Waals surface area contributed by atoms with Crippen LogP contribution in [-0.2, 0) is 25.7 Å². The van der Waals surface area contributed by atoms with Crippen LogP contribution in [-0.4, -0.2) is 60.7 Å². The molecule has 1 aromatic carbocycles. The van der Waals surface area contributed by atoms with Gasteiger partial charge in [-0.25, -0.2) is 0 Å². The molecule has 2 aliphatic heterocycles. The van der Waals surface area contributed by atoms with Crippen molar-refractivity contribution in [2.45, 2.75) is 44.3 Å². The first-order valence-electron chi connectivity index (χ1n) is 9.01. The second-order valence-corrected chi connectivity index (χ2v) is 7.46. The van der Waals surface area contributed by atoms with Gasteiger partial charge in [-0.1, -0.05) is 30.3 Å². The van der Waals surface area contributed by atoms with E-state index in [0.29, 0.717) is 13.0 Å². The van der Waals surface area contributed by atoms with Gasteiger partial charge in [-0.05, 0) is 18.4 Å². The van der Waals surface area contributed by atoms with Crippen LogP contribution in [0.15, 0.2) is 30.3 Å².